The zero-order chi connectivity index (χ0) is 13.4. The van der Waals surface area contributed by atoms with E-state index in [4.69, 9.17) is 0 Å². The Morgan fingerprint density at radius 2 is 2.06 bits per heavy atom. The van der Waals surface area contributed by atoms with Crippen molar-refractivity contribution in [3.63, 3.8) is 0 Å². The molecule has 1 aliphatic carbocycles. The minimum absolute atomic E-state index is 0.0121. The number of piperidine rings is 1. The molecule has 1 spiro atoms. The van der Waals surface area contributed by atoms with Crippen LogP contribution in [0.1, 0.15) is 46.0 Å². The van der Waals surface area contributed by atoms with Gasteiger partial charge in [-0.05, 0) is 52.5 Å². The second-order valence-corrected chi connectivity index (χ2v) is 7.75. The van der Waals surface area contributed by atoms with Gasteiger partial charge in [-0.15, -0.1) is 0 Å². The van der Waals surface area contributed by atoms with Crippen LogP contribution < -0.4 is 10.0 Å². The summed E-state index contributed by atoms with van der Waals surface area (Å²) in [5, 5.41) is 3.55. The van der Waals surface area contributed by atoms with Gasteiger partial charge in [0.05, 0.1) is 0 Å². The Morgan fingerprint density at radius 3 is 2.56 bits per heavy atom. The number of rotatable bonds is 4. The predicted octanol–water partition coefficient (Wildman–Crippen LogP) is 0.836. The van der Waals surface area contributed by atoms with Gasteiger partial charge >= 0.3 is 0 Å². The van der Waals surface area contributed by atoms with Crippen molar-refractivity contribution in [3.05, 3.63) is 0 Å². The SMILES string of the molecule is CC(C)N(C)S(=O)(=O)NC1CCNC2(CCC2)C1. The molecule has 18 heavy (non-hydrogen) atoms. The Labute approximate surface area is 110 Å². The van der Waals surface area contributed by atoms with E-state index in [1.165, 1.54) is 23.6 Å². The van der Waals surface area contributed by atoms with Crippen LogP contribution >= 0.6 is 0 Å². The van der Waals surface area contributed by atoms with Crippen molar-refractivity contribution in [1.29, 1.82) is 0 Å². The average Bonchev–Trinajstić information content (AvgIpc) is 2.25. The van der Waals surface area contributed by atoms with E-state index in [1.807, 2.05) is 13.8 Å². The van der Waals surface area contributed by atoms with Gasteiger partial charge in [0.1, 0.15) is 0 Å². The second kappa shape index (κ2) is 5.07. The van der Waals surface area contributed by atoms with E-state index in [9.17, 15) is 8.42 Å². The molecule has 106 valence electrons. The van der Waals surface area contributed by atoms with Crippen molar-refractivity contribution in [2.75, 3.05) is 13.6 Å². The molecule has 1 atom stereocenters. The standard InChI is InChI=1S/C12H25N3O2S/c1-10(2)15(3)18(16,17)14-11-5-8-13-12(9-11)6-4-7-12/h10-11,13-14H,4-9H2,1-3H3. The highest BCUT2D eigenvalue weighted by Crippen LogP contribution is 2.38. The quantitative estimate of drug-likeness (QED) is 0.799. The first kappa shape index (κ1) is 14.2. The summed E-state index contributed by atoms with van der Waals surface area (Å²) in [6, 6.07) is 0.0691. The Kier molecular flexibility index (Phi) is 4.02. The molecule has 0 aromatic heterocycles. The number of nitrogens with zero attached hydrogens (tertiary/aromatic N) is 1. The van der Waals surface area contributed by atoms with E-state index in [0.29, 0.717) is 0 Å². The zero-order valence-electron chi connectivity index (χ0n) is 11.6. The normalized spacial score (nSPS) is 27.7. The number of hydrogen-bond acceptors (Lipinski definition) is 3. The van der Waals surface area contributed by atoms with Gasteiger partial charge in [-0.25, -0.2) is 0 Å². The first-order chi connectivity index (χ1) is 8.35. The van der Waals surface area contributed by atoms with Crippen LogP contribution in [0.25, 0.3) is 0 Å². The van der Waals surface area contributed by atoms with Crippen molar-refractivity contribution in [2.45, 2.75) is 63.6 Å². The van der Waals surface area contributed by atoms with Crippen molar-refractivity contribution in [3.8, 4) is 0 Å². The van der Waals surface area contributed by atoms with Gasteiger partial charge in [-0.2, -0.15) is 17.4 Å². The summed E-state index contributed by atoms with van der Waals surface area (Å²) >= 11 is 0. The molecule has 1 saturated carbocycles. The maximum Gasteiger partial charge on any atom is 0.279 e. The number of hydrogen-bond donors (Lipinski definition) is 2. The third-order valence-corrected chi connectivity index (χ3v) is 6.17. The van der Waals surface area contributed by atoms with Crippen LogP contribution in [0.15, 0.2) is 0 Å². The summed E-state index contributed by atoms with van der Waals surface area (Å²) in [6.45, 7) is 4.68. The molecule has 2 N–H and O–H groups in total. The van der Waals surface area contributed by atoms with E-state index in [-0.39, 0.29) is 17.6 Å². The molecule has 1 aliphatic heterocycles. The first-order valence-electron chi connectivity index (χ1n) is 6.85. The van der Waals surface area contributed by atoms with Gasteiger partial charge in [0, 0.05) is 24.7 Å². The first-order valence-corrected chi connectivity index (χ1v) is 8.29. The fourth-order valence-electron chi connectivity index (χ4n) is 2.81. The monoisotopic (exact) mass is 275 g/mol. The van der Waals surface area contributed by atoms with Gasteiger partial charge in [0.2, 0.25) is 0 Å². The molecule has 0 aromatic rings. The molecule has 1 heterocycles. The molecule has 6 heteroatoms. The molecular weight excluding hydrogens is 250 g/mol. The number of nitrogens with one attached hydrogen (secondary N) is 2. The van der Waals surface area contributed by atoms with Gasteiger partial charge in [-0.3, -0.25) is 0 Å². The largest absolute Gasteiger partial charge is 0.311 e. The van der Waals surface area contributed by atoms with Crippen LogP contribution in [-0.4, -0.2) is 43.9 Å². The van der Waals surface area contributed by atoms with Crippen LogP contribution in [0, 0.1) is 0 Å². The predicted molar refractivity (Wildman–Crippen MR) is 72.6 cm³/mol. The summed E-state index contributed by atoms with van der Waals surface area (Å²) in [7, 11) is -1.71. The summed E-state index contributed by atoms with van der Waals surface area (Å²) < 4.78 is 28.6. The van der Waals surface area contributed by atoms with Crippen LogP contribution in [0.2, 0.25) is 0 Å². The summed E-state index contributed by atoms with van der Waals surface area (Å²) in [6.07, 6.45) is 5.44. The Balaban J connectivity index is 1.96. The molecule has 5 nitrogen and oxygen atoms in total. The third kappa shape index (κ3) is 2.87. The fourth-order valence-corrected chi connectivity index (χ4v) is 4.16. The van der Waals surface area contributed by atoms with Gasteiger partial charge < -0.3 is 5.32 Å². The molecular formula is C12H25N3O2S. The van der Waals surface area contributed by atoms with Crippen molar-refractivity contribution >= 4 is 10.2 Å². The van der Waals surface area contributed by atoms with E-state index in [0.717, 1.165) is 19.4 Å². The molecule has 0 bridgehead atoms. The van der Waals surface area contributed by atoms with Gasteiger partial charge in [-0.1, -0.05) is 0 Å². The lowest BCUT2D eigenvalue weighted by Crippen LogP contribution is -2.60. The summed E-state index contributed by atoms with van der Waals surface area (Å²) in [5.74, 6) is 0. The van der Waals surface area contributed by atoms with Crippen molar-refractivity contribution < 1.29 is 8.42 Å². The van der Waals surface area contributed by atoms with E-state index >= 15 is 0 Å². The lowest BCUT2D eigenvalue weighted by Gasteiger charge is -2.48. The maximum atomic E-state index is 12.2. The zero-order valence-corrected chi connectivity index (χ0v) is 12.4. The third-order valence-electron chi connectivity index (χ3n) is 4.36. The van der Waals surface area contributed by atoms with Crippen molar-refractivity contribution in [2.24, 2.45) is 0 Å². The van der Waals surface area contributed by atoms with Crippen LogP contribution in [0.4, 0.5) is 0 Å². The van der Waals surface area contributed by atoms with Crippen LogP contribution in [-0.2, 0) is 10.2 Å². The molecule has 1 saturated heterocycles. The maximum absolute atomic E-state index is 12.2. The lowest BCUT2D eigenvalue weighted by atomic mass is 9.70. The Morgan fingerprint density at radius 1 is 1.39 bits per heavy atom. The van der Waals surface area contributed by atoms with E-state index in [1.54, 1.807) is 7.05 Å². The Hall–Kier alpha value is -0.170. The molecule has 0 radical (unpaired) electrons. The van der Waals surface area contributed by atoms with Gasteiger partial charge in [0.25, 0.3) is 10.2 Å². The van der Waals surface area contributed by atoms with E-state index in [2.05, 4.69) is 10.0 Å². The van der Waals surface area contributed by atoms with Crippen molar-refractivity contribution in [1.82, 2.24) is 14.3 Å². The highest BCUT2D eigenvalue weighted by molar-refractivity contribution is 7.87. The van der Waals surface area contributed by atoms with Crippen LogP contribution in [0.5, 0.6) is 0 Å². The molecule has 2 aliphatic rings. The lowest BCUT2D eigenvalue weighted by molar-refractivity contribution is 0.125. The molecule has 0 amide bonds. The smallest absolute Gasteiger partial charge is 0.279 e. The second-order valence-electron chi connectivity index (χ2n) is 5.98. The molecule has 2 fully saturated rings. The highest BCUT2D eigenvalue weighted by atomic mass is 32.2. The average molecular weight is 275 g/mol. The summed E-state index contributed by atoms with van der Waals surface area (Å²) in [5.41, 5.74) is 0.224. The summed E-state index contributed by atoms with van der Waals surface area (Å²) in [4.78, 5) is 0. The topological polar surface area (TPSA) is 61.4 Å². The molecule has 1 unspecified atom stereocenters. The van der Waals surface area contributed by atoms with E-state index < -0.39 is 10.2 Å². The highest BCUT2D eigenvalue weighted by Gasteiger charge is 2.42. The van der Waals surface area contributed by atoms with Gasteiger partial charge in [0.15, 0.2) is 0 Å². The Bertz CT molecular complexity index is 390. The molecule has 2 rings (SSSR count). The minimum Gasteiger partial charge on any atom is -0.311 e. The molecule has 0 aromatic carbocycles. The van der Waals surface area contributed by atoms with Crippen LogP contribution in [0.3, 0.4) is 0 Å². The fraction of sp³-hybridized carbons (Fsp3) is 1.00. The minimum atomic E-state index is -3.34.